The number of hydrogen-bond acceptors (Lipinski definition) is 5. The summed E-state index contributed by atoms with van der Waals surface area (Å²) in [6.45, 7) is 0. The molecule has 1 aliphatic heterocycles. The van der Waals surface area contributed by atoms with Gasteiger partial charge in [0.1, 0.15) is 5.02 Å². The fourth-order valence-corrected chi connectivity index (χ4v) is 1.98. The van der Waals surface area contributed by atoms with Gasteiger partial charge in [-0.1, -0.05) is 11.6 Å². The summed E-state index contributed by atoms with van der Waals surface area (Å²) in [4.78, 5) is 10.6. The zero-order valence-corrected chi connectivity index (χ0v) is 11.2. The highest BCUT2D eigenvalue weighted by molar-refractivity contribution is 6.32. The first-order valence-electron chi connectivity index (χ1n) is 5.30. The van der Waals surface area contributed by atoms with Crippen LogP contribution >= 0.6 is 11.6 Å². The zero-order chi connectivity index (χ0) is 15.9. The van der Waals surface area contributed by atoms with Crippen molar-refractivity contribution in [1.82, 2.24) is 19.9 Å². The first kappa shape index (κ1) is 15.4. The number of nitrogens with zero attached hydrogens (tertiary/aromatic N) is 5. The minimum absolute atomic E-state index is 0.500. The molecular weight excluding hydrogens is 319 g/mol. The van der Waals surface area contributed by atoms with Crippen LogP contribution in [-0.2, 0) is 13.2 Å². The smallest absolute Gasteiger partial charge is 0.434 e. The number of hydrazine groups is 2. The number of halogens is 4. The number of ether oxygens (including phenoxy) is 1. The molecule has 0 amide bonds. The summed E-state index contributed by atoms with van der Waals surface area (Å²) in [6.07, 6.45) is -3.56. The highest BCUT2D eigenvalue weighted by atomic mass is 35.5. The molecule has 115 valence electrons. The fraction of sp³-hybridized carbons (Fsp3) is 0.333. The van der Waals surface area contributed by atoms with E-state index in [1.807, 2.05) is 0 Å². The van der Waals surface area contributed by atoms with Crippen molar-refractivity contribution in [2.45, 2.75) is 12.4 Å². The molecule has 8 nitrogen and oxygen atoms in total. The van der Waals surface area contributed by atoms with Crippen LogP contribution in [0.25, 0.3) is 0 Å². The van der Waals surface area contributed by atoms with E-state index in [1.54, 1.807) is 0 Å². The first-order chi connectivity index (χ1) is 9.62. The third kappa shape index (κ3) is 2.74. The summed E-state index contributed by atoms with van der Waals surface area (Å²) in [7, 11) is 4.41. The van der Waals surface area contributed by atoms with Gasteiger partial charge in [0.2, 0.25) is 0 Å². The molecule has 2 heterocycles. The van der Waals surface area contributed by atoms with Gasteiger partial charge in [-0.15, -0.1) is 10.1 Å². The maximum absolute atomic E-state index is 12.7. The van der Waals surface area contributed by atoms with E-state index in [4.69, 9.17) is 16.3 Å². The van der Waals surface area contributed by atoms with Gasteiger partial charge in [-0.2, -0.15) is 13.2 Å². The highest BCUT2D eigenvalue weighted by Gasteiger charge is 2.40. The molecule has 12 heteroatoms. The minimum Gasteiger partial charge on any atom is -0.451 e. The average molecular weight is 327 g/mol. The maximum Gasteiger partial charge on any atom is 0.434 e. The second kappa shape index (κ2) is 5.07. The van der Waals surface area contributed by atoms with Crippen molar-refractivity contribution < 1.29 is 22.9 Å². The number of alkyl halides is 3. The summed E-state index contributed by atoms with van der Waals surface area (Å²) >= 11 is 5.60. The van der Waals surface area contributed by atoms with Gasteiger partial charge in [0.05, 0.1) is 6.20 Å². The summed E-state index contributed by atoms with van der Waals surface area (Å²) < 4.78 is 43.9. The predicted octanol–water partition coefficient (Wildman–Crippen LogP) is 1.83. The summed E-state index contributed by atoms with van der Waals surface area (Å²) in [5.41, 5.74) is -1.18. The maximum atomic E-state index is 12.7. The molecule has 1 radical (unpaired) electrons. The van der Waals surface area contributed by atoms with E-state index < -0.39 is 34.0 Å². The molecular formula is C9H8ClF3N5O3. The zero-order valence-electron chi connectivity index (χ0n) is 10.4. The Morgan fingerprint density at radius 3 is 2.62 bits per heavy atom. The van der Waals surface area contributed by atoms with E-state index >= 15 is 0 Å². The molecule has 1 aromatic heterocycles. The van der Waals surface area contributed by atoms with Crippen LogP contribution < -0.4 is 4.74 Å². The lowest BCUT2D eigenvalue weighted by molar-refractivity contribution is -0.679. The van der Waals surface area contributed by atoms with Crippen LogP contribution in [-0.4, -0.2) is 31.2 Å². The number of aryl methyl sites for hydroxylation is 1. The molecule has 0 aliphatic carbocycles. The first-order valence-corrected chi connectivity index (χ1v) is 5.68. The van der Waals surface area contributed by atoms with E-state index in [-0.39, 0.29) is 0 Å². The number of aromatic nitrogens is 2. The molecule has 0 saturated carbocycles. The Balaban J connectivity index is 2.23. The second-order valence-corrected chi connectivity index (χ2v) is 4.31. The van der Waals surface area contributed by atoms with Crippen LogP contribution in [0.15, 0.2) is 12.3 Å². The van der Waals surface area contributed by atoms with Crippen LogP contribution in [0.4, 0.5) is 13.2 Å². The topological polar surface area (TPSA) is 76.7 Å². The summed E-state index contributed by atoms with van der Waals surface area (Å²) in [5.74, 6) is -0.500. The average Bonchev–Trinajstić information content (AvgIpc) is 2.81. The van der Waals surface area contributed by atoms with Gasteiger partial charge in [0.15, 0.2) is 17.0 Å². The lowest BCUT2D eigenvalue weighted by atomic mass is 10.4. The Kier molecular flexibility index (Phi) is 3.72. The molecule has 0 bridgehead atoms. The predicted molar refractivity (Wildman–Crippen MR) is 62.8 cm³/mol. The van der Waals surface area contributed by atoms with Crippen molar-refractivity contribution in [2.24, 2.45) is 7.05 Å². The molecule has 1 unspecified atom stereocenters. The van der Waals surface area contributed by atoms with Crippen molar-refractivity contribution in [1.29, 1.82) is 0 Å². The van der Waals surface area contributed by atoms with Crippen molar-refractivity contribution in [3.8, 4) is 5.88 Å². The fourth-order valence-electron chi connectivity index (χ4n) is 1.67. The van der Waals surface area contributed by atoms with Gasteiger partial charge >= 0.3 is 6.18 Å². The van der Waals surface area contributed by atoms with Crippen molar-refractivity contribution in [2.75, 3.05) is 0 Å². The minimum atomic E-state index is -4.71. The van der Waals surface area contributed by atoms with Gasteiger partial charge in [0.25, 0.3) is 5.88 Å². The molecule has 1 aliphatic rings. The van der Waals surface area contributed by atoms with E-state index in [9.17, 15) is 23.3 Å². The number of rotatable bonds is 3. The van der Waals surface area contributed by atoms with Gasteiger partial charge in [-0.05, 0) is 11.2 Å². The lowest BCUT2D eigenvalue weighted by Gasteiger charge is -2.21. The normalized spacial score (nSPS) is 19.3. The highest BCUT2D eigenvalue weighted by Crippen LogP contribution is 2.39. The quantitative estimate of drug-likeness (QED) is 0.623. The Morgan fingerprint density at radius 1 is 1.57 bits per heavy atom. The van der Waals surface area contributed by atoms with E-state index in [0.717, 1.165) is 18.3 Å². The van der Waals surface area contributed by atoms with Crippen molar-refractivity contribution in [3.05, 3.63) is 40.2 Å². The van der Waals surface area contributed by atoms with Crippen LogP contribution in [0.2, 0.25) is 5.02 Å². The van der Waals surface area contributed by atoms with Crippen LogP contribution in [0.5, 0.6) is 5.88 Å². The Labute approximate surface area is 121 Å². The Hall–Kier alpha value is -2.01. The number of hydrogen-bond donors (Lipinski definition) is 0. The third-order valence-electron chi connectivity index (χ3n) is 2.57. The van der Waals surface area contributed by atoms with Gasteiger partial charge in [0, 0.05) is 14.1 Å². The monoisotopic (exact) mass is 326 g/mol. The molecule has 0 N–H and O–H groups in total. The molecule has 0 spiro atoms. The van der Waals surface area contributed by atoms with E-state index in [0.29, 0.717) is 9.80 Å². The van der Waals surface area contributed by atoms with Crippen molar-refractivity contribution >= 4 is 11.6 Å². The van der Waals surface area contributed by atoms with Gasteiger partial charge in [-0.3, -0.25) is 4.68 Å². The standard InChI is InChI=1S/C9H8ClF3N5O3/c1-15-7(9(11,12)13)6(10)8(14-15)21-5-3-4-17(16(5)2)18(19)20/h3-5H,2H2,1H3. The largest absolute Gasteiger partial charge is 0.451 e. The molecule has 0 saturated heterocycles. The molecule has 0 fully saturated rings. The summed E-state index contributed by atoms with van der Waals surface area (Å²) in [5, 5.41) is 13.9. The van der Waals surface area contributed by atoms with E-state index in [2.05, 4.69) is 12.1 Å². The Morgan fingerprint density at radius 2 is 2.19 bits per heavy atom. The molecule has 1 atom stereocenters. The summed E-state index contributed by atoms with van der Waals surface area (Å²) in [6, 6.07) is 0. The molecule has 0 aromatic carbocycles. The lowest BCUT2D eigenvalue weighted by Crippen LogP contribution is -2.41. The van der Waals surface area contributed by atoms with Crippen LogP contribution in [0.1, 0.15) is 5.69 Å². The van der Waals surface area contributed by atoms with Crippen molar-refractivity contribution in [3.63, 3.8) is 0 Å². The van der Waals surface area contributed by atoms with Crippen LogP contribution in [0.3, 0.4) is 0 Å². The second-order valence-electron chi connectivity index (χ2n) is 3.94. The number of nitro groups is 1. The van der Waals surface area contributed by atoms with Gasteiger partial charge < -0.3 is 4.74 Å². The third-order valence-corrected chi connectivity index (χ3v) is 2.91. The van der Waals surface area contributed by atoms with Crippen LogP contribution in [0, 0.1) is 17.2 Å². The SMILES string of the molecule is [CH2]N1C(Oc2nn(C)c(C(F)(F)F)c2Cl)C=CN1[N+](=O)[O-]. The van der Waals surface area contributed by atoms with E-state index in [1.165, 1.54) is 6.08 Å². The molecule has 2 rings (SSSR count). The molecule has 1 aromatic rings. The molecule has 21 heavy (non-hydrogen) atoms. The Bertz CT molecular complexity index is 602. The van der Waals surface area contributed by atoms with Gasteiger partial charge in [-0.25, -0.2) is 10.1 Å².